The largest absolute Gasteiger partial charge is 0.454 e. The molecule has 0 aliphatic carbocycles. The van der Waals surface area contributed by atoms with Crippen LogP contribution < -0.4 is 0 Å². The first kappa shape index (κ1) is 19.1. The van der Waals surface area contributed by atoms with Crippen molar-refractivity contribution in [1.29, 1.82) is 0 Å². The molecular formula is C22H24O6. The van der Waals surface area contributed by atoms with Crippen molar-refractivity contribution in [3.63, 3.8) is 0 Å². The third-order valence-electron chi connectivity index (χ3n) is 4.89. The van der Waals surface area contributed by atoms with E-state index in [2.05, 4.69) is 0 Å². The van der Waals surface area contributed by atoms with Crippen LogP contribution in [0.25, 0.3) is 0 Å². The predicted octanol–water partition coefficient (Wildman–Crippen LogP) is 2.84. The molecule has 0 saturated carbocycles. The zero-order valence-corrected chi connectivity index (χ0v) is 15.7. The molecule has 2 heterocycles. The second kappa shape index (κ2) is 8.84. The van der Waals surface area contributed by atoms with Gasteiger partial charge in [0.15, 0.2) is 12.4 Å². The topological polar surface area (TPSA) is 63.2 Å². The number of carbonyl (C=O) groups excluding carboxylic acids is 1. The molecular weight excluding hydrogens is 360 g/mol. The molecule has 5 atom stereocenters. The molecule has 0 unspecified atom stereocenters. The maximum absolute atomic E-state index is 11.7. The lowest BCUT2D eigenvalue weighted by atomic mass is 10.00. The quantitative estimate of drug-likeness (QED) is 0.684. The number of fused-ring (bicyclic) bond motifs is 2. The summed E-state index contributed by atoms with van der Waals surface area (Å²) in [6.07, 6.45) is -2.47. The van der Waals surface area contributed by atoms with E-state index in [1.165, 1.54) is 6.92 Å². The molecule has 2 aromatic rings. The van der Waals surface area contributed by atoms with Crippen LogP contribution >= 0.6 is 0 Å². The molecule has 2 aromatic carbocycles. The molecule has 0 N–H and O–H groups in total. The summed E-state index contributed by atoms with van der Waals surface area (Å²) in [5, 5.41) is 0. The first-order valence-corrected chi connectivity index (χ1v) is 9.46. The van der Waals surface area contributed by atoms with Gasteiger partial charge in [0, 0.05) is 6.92 Å². The van der Waals surface area contributed by atoms with Crippen LogP contribution in [0.5, 0.6) is 0 Å². The molecule has 0 spiro atoms. The highest BCUT2D eigenvalue weighted by Crippen LogP contribution is 2.34. The second-order valence-electron chi connectivity index (χ2n) is 6.97. The van der Waals surface area contributed by atoms with Gasteiger partial charge >= 0.3 is 5.97 Å². The minimum atomic E-state index is -0.680. The molecule has 2 aliphatic rings. The van der Waals surface area contributed by atoms with E-state index in [1.54, 1.807) is 0 Å². The molecule has 2 fully saturated rings. The molecule has 2 bridgehead atoms. The average Bonchev–Trinajstić information content (AvgIpc) is 3.15. The normalized spacial score (nSPS) is 28.8. The minimum Gasteiger partial charge on any atom is -0.454 e. The Morgan fingerprint density at radius 2 is 1.46 bits per heavy atom. The van der Waals surface area contributed by atoms with Gasteiger partial charge in [-0.05, 0) is 11.1 Å². The molecule has 2 saturated heterocycles. The third-order valence-corrected chi connectivity index (χ3v) is 4.89. The molecule has 4 rings (SSSR count). The SMILES string of the molecule is CC(=O)O[C@H]1[C@@H]2OC[C@@H](O2)[C@@H](OCc2ccccc2)[C@@H]1OCc1ccccc1. The van der Waals surface area contributed by atoms with Gasteiger partial charge in [-0.2, -0.15) is 0 Å². The van der Waals surface area contributed by atoms with E-state index >= 15 is 0 Å². The molecule has 0 radical (unpaired) electrons. The molecule has 0 amide bonds. The summed E-state index contributed by atoms with van der Waals surface area (Å²) in [6.45, 7) is 2.55. The predicted molar refractivity (Wildman–Crippen MR) is 100 cm³/mol. The van der Waals surface area contributed by atoms with Crippen molar-refractivity contribution in [2.24, 2.45) is 0 Å². The number of carbonyl (C=O) groups is 1. The number of benzene rings is 2. The standard InChI is InChI=1S/C22H24O6/c1-15(23)27-21-20(25-13-17-10-6-3-7-11-17)19(18-14-26-22(21)28-18)24-12-16-8-4-2-5-9-16/h2-11,18-22H,12-14H2,1H3/t18-,19-,20+,21-,22-/m1/s1. The Kier molecular flexibility index (Phi) is 6.02. The first-order chi connectivity index (χ1) is 13.7. The van der Waals surface area contributed by atoms with Gasteiger partial charge in [-0.15, -0.1) is 0 Å². The van der Waals surface area contributed by atoms with E-state index in [9.17, 15) is 4.79 Å². The number of esters is 1. The Hall–Kier alpha value is -2.25. The molecule has 28 heavy (non-hydrogen) atoms. The van der Waals surface area contributed by atoms with Crippen molar-refractivity contribution < 1.29 is 28.5 Å². The van der Waals surface area contributed by atoms with Gasteiger partial charge in [-0.25, -0.2) is 0 Å². The summed E-state index contributed by atoms with van der Waals surface area (Å²) >= 11 is 0. The molecule has 0 aromatic heterocycles. The summed E-state index contributed by atoms with van der Waals surface area (Å²) in [7, 11) is 0. The second-order valence-corrected chi connectivity index (χ2v) is 6.97. The Balaban J connectivity index is 1.51. The number of ether oxygens (including phenoxy) is 5. The highest BCUT2D eigenvalue weighted by atomic mass is 16.8. The Morgan fingerprint density at radius 1 is 0.893 bits per heavy atom. The summed E-state index contributed by atoms with van der Waals surface area (Å²) in [5.41, 5.74) is 2.08. The van der Waals surface area contributed by atoms with Crippen molar-refractivity contribution in [2.45, 2.75) is 50.8 Å². The summed E-state index contributed by atoms with van der Waals surface area (Å²) < 4.78 is 29.5. The van der Waals surface area contributed by atoms with Crippen LogP contribution in [-0.2, 0) is 41.7 Å². The van der Waals surface area contributed by atoms with Crippen molar-refractivity contribution >= 4 is 5.97 Å². The number of hydrogen-bond donors (Lipinski definition) is 0. The monoisotopic (exact) mass is 384 g/mol. The van der Waals surface area contributed by atoms with Crippen molar-refractivity contribution in [3.05, 3.63) is 71.8 Å². The highest BCUT2D eigenvalue weighted by Gasteiger charge is 2.53. The van der Waals surface area contributed by atoms with Crippen LogP contribution in [0.1, 0.15) is 18.1 Å². The van der Waals surface area contributed by atoms with E-state index in [4.69, 9.17) is 23.7 Å². The lowest BCUT2D eigenvalue weighted by molar-refractivity contribution is -0.261. The fourth-order valence-electron chi connectivity index (χ4n) is 3.58. The van der Waals surface area contributed by atoms with Gasteiger partial charge in [-0.3, -0.25) is 4.79 Å². The summed E-state index contributed by atoms with van der Waals surface area (Å²) in [5.74, 6) is -0.405. The van der Waals surface area contributed by atoms with Crippen LogP contribution in [0.4, 0.5) is 0 Å². The van der Waals surface area contributed by atoms with Crippen LogP contribution in [0, 0.1) is 0 Å². The Labute approximate surface area is 164 Å². The average molecular weight is 384 g/mol. The van der Waals surface area contributed by atoms with Crippen LogP contribution in [-0.4, -0.2) is 43.3 Å². The number of rotatable bonds is 7. The molecule has 2 aliphatic heterocycles. The van der Waals surface area contributed by atoms with E-state index < -0.39 is 30.6 Å². The summed E-state index contributed by atoms with van der Waals surface area (Å²) in [4.78, 5) is 11.7. The third kappa shape index (κ3) is 4.42. The van der Waals surface area contributed by atoms with Crippen LogP contribution in [0.15, 0.2) is 60.7 Å². The minimum absolute atomic E-state index is 0.263. The molecule has 148 valence electrons. The zero-order valence-electron chi connectivity index (χ0n) is 15.7. The Bertz CT molecular complexity index is 765. The van der Waals surface area contributed by atoms with Gasteiger partial charge in [-0.1, -0.05) is 60.7 Å². The fraction of sp³-hybridized carbons (Fsp3) is 0.409. The highest BCUT2D eigenvalue weighted by molar-refractivity contribution is 5.66. The summed E-state index contributed by atoms with van der Waals surface area (Å²) in [6, 6.07) is 19.8. The van der Waals surface area contributed by atoms with E-state index in [0.29, 0.717) is 19.8 Å². The zero-order chi connectivity index (χ0) is 19.3. The van der Waals surface area contributed by atoms with E-state index in [1.807, 2.05) is 60.7 Å². The fourth-order valence-corrected chi connectivity index (χ4v) is 3.58. The van der Waals surface area contributed by atoms with Crippen molar-refractivity contribution in [1.82, 2.24) is 0 Å². The lowest BCUT2D eigenvalue weighted by Gasteiger charge is -2.39. The molecule has 6 nitrogen and oxygen atoms in total. The Morgan fingerprint density at radius 3 is 2.04 bits per heavy atom. The maximum Gasteiger partial charge on any atom is 0.303 e. The van der Waals surface area contributed by atoms with Gasteiger partial charge < -0.3 is 23.7 Å². The van der Waals surface area contributed by atoms with E-state index in [-0.39, 0.29) is 6.10 Å². The van der Waals surface area contributed by atoms with Crippen LogP contribution in [0.2, 0.25) is 0 Å². The number of hydrogen-bond acceptors (Lipinski definition) is 6. The van der Waals surface area contributed by atoms with Crippen LogP contribution in [0.3, 0.4) is 0 Å². The first-order valence-electron chi connectivity index (χ1n) is 9.46. The lowest BCUT2D eigenvalue weighted by Crippen LogP contribution is -2.57. The van der Waals surface area contributed by atoms with Crippen molar-refractivity contribution in [3.8, 4) is 0 Å². The molecule has 6 heteroatoms. The van der Waals surface area contributed by atoms with Gasteiger partial charge in [0.1, 0.15) is 18.3 Å². The van der Waals surface area contributed by atoms with Crippen molar-refractivity contribution in [2.75, 3.05) is 6.61 Å². The van der Waals surface area contributed by atoms with Gasteiger partial charge in [0.2, 0.25) is 0 Å². The van der Waals surface area contributed by atoms with Gasteiger partial charge in [0.05, 0.1) is 19.8 Å². The smallest absolute Gasteiger partial charge is 0.303 e. The maximum atomic E-state index is 11.7. The van der Waals surface area contributed by atoms with E-state index in [0.717, 1.165) is 11.1 Å². The van der Waals surface area contributed by atoms with Gasteiger partial charge in [0.25, 0.3) is 0 Å².